The molecule has 1 heterocycles. The Kier molecular flexibility index (Phi) is 13.4. The zero-order valence-corrected chi connectivity index (χ0v) is 28.0. The number of amides is 1. The number of hydrogen-bond donors (Lipinski definition) is 2. The van der Waals surface area contributed by atoms with Crippen LogP contribution in [-0.4, -0.2) is 43.7 Å². The molecule has 0 aromatic heterocycles. The molecule has 0 bridgehead atoms. The minimum Gasteiger partial charge on any atom is -0.375 e. The third-order valence-electron chi connectivity index (χ3n) is 8.93. The summed E-state index contributed by atoms with van der Waals surface area (Å²) in [4.78, 5) is 23.0. The van der Waals surface area contributed by atoms with Crippen LogP contribution in [0.15, 0.2) is 94.9 Å². The van der Waals surface area contributed by atoms with Gasteiger partial charge in [0.05, 0.1) is 11.3 Å². The minimum atomic E-state index is -0.0491. The number of carbonyl (C=O) groups excluding carboxylic acids is 1. The lowest BCUT2D eigenvalue weighted by molar-refractivity contribution is -0.114. The standard InChI is InChI=1S/C37H54N6O/c1-9-27(4)30(7)40-25-35-36(29(6)11-3)41(8)20-21-42(37(35)44)33-18-15-19-34(22-33)43(38)26-32(28(5)10-2)24-39-23-31-16-13-12-14-17-31/h12-19,22,25-29,39H,7,9-11,20-21,23-24,38H2,1-6,8H3/b32-26-,40-25-. The predicted octanol–water partition coefficient (Wildman–Crippen LogP) is 7.30. The van der Waals surface area contributed by atoms with Crippen molar-refractivity contribution in [2.45, 2.75) is 67.3 Å². The molecule has 0 radical (unpaired) electrons. The summed E-state index contributed by atoms with van der Waals surface area (Å²) in [5.41, 5.74) is 6.56. The van der Waals surface area contributed by atoms with Gasteiger partial charge in [-0.15, -0.1) is 0 Å². The molecule has 44 heavy (non-hydrogen) atoms. The Bertz CT molecular complexity index is 1330. The lowest BCUT2D eigenvalue weighted by Gasteiger charge is -2.26. The number of allylic oxidation sites excluding steroid dienone is 2. The maximum Gasteiger partial charge on any atom is 0.261 e. The van der Waals surface area contributed by atoms with Gasteiger partial charge >= 0.3 is 0 Å². The fourth-order valence-corrected chi connectivity index (χ4v) is 5.28. The molecule has 2 aromatic carbocycles. The van der Waals surface area contributed by atoms with Gasteiger partial charge in [-0.3, -0.25) is 14.8 Å². The van der Waals surface area contributed by atoms with Crippen LogP contribution in [-0.2, 0) is 11.3 Å². The summed E-state index contributed by atoms with van der Waals surface area (Å²) in [6.07, 6.45) is 6.67. The van der Waals surface area contributed by atoms with Crippen LogP contribution in [0.2, 0.25) is 0 Å². The number of hydrogen-bond acceptors (Lipinski definition) is 6. The smallest absolute Gasteiger partial charge is 0.261 e. The molecule has 238 valence electrons. The van der Waals surface area contributed by atoms with Gasteiger partial charge in [-0.2, -0.15) is 0 Å². The van der Waals surface area contributed by atoms with Gasteiger partial charge in [-0.25, -0.2) is 5.84 Å². The number of hydrazine groups is 1. The van der Waals surface area contributed by atoms with E-state index in [0.29, 0.717) is 18.0 Å². The number of nitrogens with zero attached hydrogens (tertiary/aromatic N) is 4. The van der Waals surface area contributed by atoms with E-state index >= 15 is 0 Å². The van der Waals surface area contributed by atoms with Crippen molar-refractivity contribution in [2.75, 3.05) is 36.6 Å². The highest BCUT2D eigenvalue weighted by atomic mass is 16.2. The van der Waals surface area contributed by atoms with E-state index in [1.807, 2.05) is 41.4 Å². The Balaban J connectivity index is 1.91. The number of aliphatic imine (C=N–C) groups is 1. The van der Waals surface area contributed by atoms with Crippen LogP contribution >= 0.6 is 0 Å². The molecule has 2 aromatic rings. The summed E-state index contributed by atoms with van der Waals surface area (Å²) in [5, 5.41) is 5.26. The van der Waals surface area contributed by atoms with Crippen LogP contribution in [0.1, 0.15) is 66.4 Å². The van der Waals surface area contributed by atoms with E-state index in [0.717, 1.165) is 61.7 Å². The summed E-state index contributed by atoms with van der Waals surface area (Å²) >= 11 is 0. The minimum absolute atomic E-state index is 0.0491. The van der Waals surface area contributed by atoms with Crippen molar-refractivity contribution in [1.82, 2.24) is 10.2 Å². The average Bonchev–Trinajstić information content (AvgIpc) is 3.17. The normalized spacial score (nSPS) is 16.7. The first-order valence-electron chi connectivity index (χ1n) is 16.2. The second-order valence-electron chi connectivity index (χ2n) is 12.1. The van der Waals surface area contributed by atoms with Crippen LogP contribution in [0.3, 0.4) is 0 Å². The summed E-state index contributed by atoms with van der Waals surface area (Å²) in [7, 11) is 2.07. The largest absolute Gasteiger partial charge is 0.375 e. The molecule has 7 nitrogen and oxygen atoms in total. The quantitative estimate of drug-likeness (QED) is 0.128. The van der Waals surface area contributed by atoms with E-state index < -0.39 is 0 Å². The second kappa shape index (κ2) is 17.0. The number of nitrogens with one attached hydrogen (secondary N) is 1. The van der Waals surface area contributed by atoms with Crippen LogP contribution in [0, 0.1) is 17.8 Å². The van der Waals surface area contributed by atoms with Gasteiger partial charge in [0.2, 0.25) is 0 Å². The highest BCUT2D eigenvalue weighted by Crippen LogP contribution is 2.30. The number of likely N-dealkylation sites (N-methyl/N-ethyl adjacent to an activating group) is 1. The molecule has 0 spiro atoms. The highest BCUT2D eigenvalue weighted by Gasteiger charge is 2.30. The monoisotopic (exact) mass is 598 g/mol. The van der Waals surface area contributed by atoms with Crippen molar-refractivity contribution in [3.8, 4) is 0 Å². The van der Waals surface area contributed by atoms with E-state index in [-0.39, 0.29) is 17.7 Å². The van der Waals surface area contributed by atoms with Gasteiger partial charge < -0.3 is 15.1 Å². The molecule has 0 fully saturated rings. The summed E-state index contributed by atoms with van der Waals surface area (Å²) in [6.45, 7) is 20.0. The fraction of sp³-hybridized carbons (Fsp3) is 0.459. The van der Waals surface area contributed by atoms with E-state index in [2.05, 4.69) is 89.7 Å². The molecule has 0 aliphatic carbocycles. The van der Waals surface area contributed by atoms with E-state index in [4.69, 9.17) is 10.8 Å². The van der Waals surface area contributed by atoms with Crippen LogP contribution < -0.4 is 21.1 Å². The van der Waals surface area contributed by atoms with E-state index in [9.17, 15) is 4.79 Å². The molecule has 3 N–H and O–H groups in total. The molecular weight excluding hydrogens is 544 g/mol. The molecular formula is C37H54N6O. The second-order valence-corrected chi connectivity index (χ2v) is 12.1. The number of nitrogens with two attached hydrogens (primary N) is 1. The number of benzene rings is 2. The van der Waals surface area contributed by atoms with Crippen LogP contribution in [0.5, 0.6) is 0 Å². The fourth-order valence-electron chi connectivity index (χ4n) is 5.28. The molecule has 3 unspecified atom stereocenters. The Hall–Kier alpha value is -3.68. The Morgan fingerprint density at radius 1 is 1.02 bits per heavy atom. The van der Waals surface area contributed by atoms with Gasteiger partial charge in [0, 0.05) is 62.7 Å². The number of rotatable bonds is 15. The topological polar surface area (TPSA) is 77.2 Å². The van der Waals surface area contributed by atoms with Crippen molar-refractivity contribution >= 4 is 23.5 Å². The van der Waals surface area contributed by atoms with Crippen molar-refractivity contribution in [1.29, 1.82) is 0 Å². The van der Waals surface area contributed by atoms with Gasteiger partial charge in [-0.05, 0) is 66.4 Å². The lowest BCUT2D eigenvalue weighted by Crippen LogP contribution is -2.35. The Morgan fingerprint density at radius 2 is 1.73 bits per heavy atom. The van der Waals surface area contributed by atoms with E-state index in [1.165, 1.54) is 11.1 Å². The molecule has 7 heteroatoms. The summed E-state index contributed by atoms with van der Waals surface area (Å²) < 4.78 is 0. The number of anilines is 2. The van der Waals surface area contributed by atoms with Crippen molar-refractivity contribution in [3.63, 3.8) is 0 Å². The maximum atomic E-state index is 14.3. The lowest BCUT2D eigenvalue weighted by atomic mass is 9.98. The van der Waals surface area contributed by atoms with Gasteiger partial charge in [0.25, 0.3) is 5.91 Å². The summed E-state index contributed by atoms with van der Waals surface area (Å²) in [6, 6.07) is 18.3. The Labute approximate surface area is 266 Å². The van der Waals surface area contributed by atoms with Crippen molar-refractivity contribution in [3.05, 3.63) is 95.5 Å². The first-order valence-corrected chi connectivity index (χ1v) is 16.2. The molecule has 1 aliphatic rings. The predicted molar refractivity (Wildman–Crippen MR) is 187 cm³/mol. The molecule has 1 aliphatic heterocycles. The SMILES string of the molecule is C=C(/N=C\C1=C(C(C)CC)N(C)CCN(c2cccc(N(N)/C=C(/CNCc3ccccc3)C(C)CC)c2)C1=O)C(C)CC. The van der Waals surface area contributed by atoms with Crippen molar-refractivity contribution in [2.24, 2.45) is 28.6 Å². The Morgan fingerprint density at radius 3 is 2.39 bits per heavy atom. The third-order valence-corrected chi connectivity index (χ3v) is 8.93. The van der Waals surface area contributed by atoms with E-state index in [1.54, 1.807) is 11.2 Å². The van der Waals surface area contributed by atoms with Gasteiger partial charge in [-0.1, -0.05) is 84.5 Å². The molecule has 0 saturated heterocycles. The van der Waals surface area contributed by atoms with Crippen molar-refractivity contribution < 1.29 is 4.79 Å². The molecule has 1 amide bonds. The molecule has 3 atom stereocenters. The summed E-state index contributed by atoms with van der Waals surface area (Å²) in [5.74, 6) is 7.45. The third kappa shape index (κ3) is 9.16. The van der Waals surface area contributed by atoms with Crippen LogP contribution in [0.4, 0.5) is 11.4 Å². The van der Waals surface area contributed by atoms with Gasteiger partial charge in [0.15, 0.2) is 0 Å². The van der Waals surface area contributed by atoms with Crippen LogP contribution in [0.25, 0.3) is 0 Å². The molecule has 3 rings (SSSR count). The first-order chi connectivity index (χ1) is 21.1. The zero-order chi connectivity index (χ0) is 32.2. The maximum absolute atomic E-state index is 14.3. The zero-order valence-electron chi connectivity index (χ0n) is 28.0. The number of carbonyl (C=O) groups is 1. The molecule has 0 saturated carbocycles. The first kappa shape index (κ1) is 34.8. The van der Waals surface area contributed by atoms with Gasteiger partial charge in [0.1, 0.15) is 0 Å². The highest BCUT2D eigenvalue weighted by molar-refractivity contribution is 6.19. The average molecular weight is 599 g/mol.